The number of carbonyl (C=O) groups excluding carboxylic acids is 2. The average Bonchev–Trinajstić information content (AvgIpc) is 3.13. The summed E-state index contributed by atoms with van der Waals surface area (Å²) in [5.74, 6) is -0.840. The molecule has 1 aromatic heterocycles. The van der Waals surface area contributed by atoms with Gasteiger partial charge in [0.25, 0.3) is 5.91 Å². The van der Waals surface area contributed by atoms with Crippen molar-refractivity contribution in [1.82, 2.24) is 5.32 Å². The number of carbonyl (C=O) groups is 2. The van der Waals surface area contributed by atoms with Crippen molar-refractivity contribution in [3.63, 3.8) is 0 Å². The van der Waals surface area contributed by atoms with E-state index in [9.17, 15) is 9.59 Å². The zero-order valence-corrected chi connectivity index (χ0v) is 11.5. The Morgan fingerprint density at radius 2 is 2.40 bits per heavy atom. The monoisotopic (exact) mass is 281 g/mol. The van der Waals surface area contributed by atoms with Crippen LogP contribution in [0.1, 0.15) is 36.7 Å². The Hall–Kier alpha value is -1.82. The van der Waals surface area contributed by atoms with E-state index in [4.69, 9.17) is 13.9 Å². The molecule has 0 aliphatic carbocycles. The molecule has 0 unspecified atom stereocenters. The lowest BCUT2D eigenvalue weighted by Gasteiger charge is -2.17. The van der Waals surface area contributed by atoms with Crippen LogP contribution in [-0.2, 0) is 14.3 Å². The van der Waals surface area contributed by atoms with E-state index in [2.05, 4.69) is 5.32 Å². The van der Waals surface area contributed by atoms with Gasteiger partial charge in [-0.05, 0) is 31.4 Å². The van der Waals surface area contributed by atoms with Crippen LogP contribution in [0.5, 0.6) is 0 Å². The third kappa shape index (κ3) is 3.84. The number of furan rings is 1. The molecule has 6 heteroatoms. The van der Waals surface area contributed by atoms with Crippen LogP contribution in [0, 0.1) is 0 Å². The Labute approximate surface area is 117 Å². The Kier molecular flexibility index (Phi) is 5.17. The van der Waals surface area contributed by atoms with E-state index in [1.165, 1.54) is 12.3 Å². The molecular weight excluding hydrogens is 262 g/mol. The van der Waals surface area contributed by atoms with Gasteiger partial charge in [0, 0.05) is 13.2 Å². The molecule has 0 aromatic carbocycles. The average molecular weight is 281 g/mol. The molecule has 20 heavy (non-hydrogen) atoms. The second-order valence-corrected chi connectivity index (χ2v) is 4.66. The molecule has 2 rings (SSSR count). The molecule has 1 N–H and O–H groups in total. The summed E-state index contributed by atoms with van der Waals surface area (Å²) in [5, 5.41) is 2.75. The second kappa shape index (κ2) is 7.09. The van der Waals surface area contributed by atoms with Crippen molar-refractivity contribution in [1.29, 1.82) is 0 Å². The van der Waals surface area contributed by atoms with Gasteiger partial charge in [-0.1, -0.05) is 6.92 Å². The molecule has 0 bridgehead atoms. The van der Waals surface area contributed by atoms with Crippen molar-refractivity contribution in [3.05, 3.63) is 24.2 Å². The highest BCUT2D eigenvalue weighted by molar-refractivity contribution is 5.90. The van der Waals surface area contributed by atoms with Crippen molar-refractivity contribution >= 4 is 11.9 Å². The third-order valence-corrected chi connectivity index (χ3v) is 3.16. The van der Waals surface area contributed by atoms with Gasteiger partial charge in [-0.15, -0.1) is 0 Å². The number of hydrogen-bond donors (Lipinski definition) is 1. The van der Waals surface area contributed by atoms with Crippen LogP contribution in [0.25, 0.3) is 0 Å². The van der Waals surface area contributed by atoms with Gasteiger partial charge in [0.05, 0.1) is 12.4 Å². The first kappa shape index (κ1) is 14.6. The summed E-state index contributed by atoms with van der Waals surface area (Å²) in [6.45, 7) is 2.98. The van der Waals surface area contributed by atoms with E-state index in [-0.39, 0.29) is 17.8 Å². The van der Waals surface area contributed by atoms with Crippen LogP contribution < -0.4 is 5.32 Å². The van der Waals surface area contributed by atoms with Crippen molar-refractivity contribution in [2.24, 2.45) is 0 Å². The Balaban J connectivity index is 1.80. The van der Waals surface area contributed by atoms with E-state index in [1.54, 1.807) is 13.0 Å². The molecule has 0 saturated carbocycles. The fourth-order valence-corrected chi connectivity index (χ4v) is 2.04. The number of esters is 1. The largest absolute Gasteiger partial charge is 0.457 e. The van der Waals surface area contributed by atoms with E-state index in [1.807, 2.05) is 0 Å². The predicted octanol–water partition coefficient (Wildman–Crippen LogP) is 1.51. The standard InChI is InChI=1S/C14H19NO5/c1-2-11(20-14(17)12-6-4-8-19-12)13(16)15-9-10-5-3-7-18-10/h4,6,8,10-11H,2-3,5,7,9H2,1H3,(H,15,16)/t10-,11+/m1/s1. The lowest BCUT2D eigenvalue weighted by atomic mass is 10.2. The summed E-state index contributed by atoms with van der Waals surface area (Å²) < 4.78 is 15.5. The van der Waals surface area contributed by atoms with Gasteiger partial charge < -0.3 is 19.2 Å². The fraction of sp³-hybridized carbons (Fsp3) is 0.571. The maximum atomic E-state index is 12.0. The maximum absolute atomic E-state index is 12.0. The molecule has 0 radical (unpaired) electrons. The van der Waals surface area contributed by atoms with Gasteiger partial charge in [-0.2, -0.15) is 0 Å². The number of ether oxygens (including phenoxy) is 2. The summed E-state index contributed by atoms with van der Waals surface area (Å²) >= 11 is 0. The lowest BCUT2D eigenvalue weighted by Crippen LogP contribution is -2.40. The first-order valence-corrected chi connectivity index (χ1v) is 6.84. The van der Waals surface area contributed by atoms with Gasteiger partial charge in [0.15, 0.2) is 6.10 Å². The summed E-state index contributed by atoms with van der Waals surface area (Å²) in [6.07, 6.45) is 3.01. The first-order valence-electron chi connectivity index (χ1n) is 6.84. The fourth-order valence-electron chi connectivity index (χ4n) is 2.04. The molecule has 1 aliphatic heterocycles. The van der Waals surface area contributed by atoms with Crippen LogP contribution in [0.4, 0.5) is 0 Å². The molecular formula is C14H19NO5. The number of rotatable bonds is 6. The van der Waals surface area contributed by atoms with Gasteiger partial charge in [-0.25, -0.2) is 4.79 Å². The smallest absolute Gasteiger partial charge is 0.374 e. The molecule has 0 spiro atoms. The SMILES string of the molecule is CC[C@H](OC(=O)c1ccco1)C(=O)NC[C@H]1CCCO1. The number of hydrogen-bond acceptors (Lipinski definition) is 5. The minimum absolute atomic E-state index is 0.0669. The van der Waals surface area contributed by atoms with Gasteiger partial charge in [0.2, 0.25) is 5.76 Å². The van der Waals surface area contributed by atoms with Crippen LogP contribution in [0.3, 0.4) is 0 Å². The molecule has 2 heterocycles. The predicted molar refractivity (Wildman–Crippen MR) is 70.2 cm³/mol. The zero-order valence-electron chi connectivity index (χ0n) is 11.5. The highest BCUT2D eigenvalue weighted by atomic mass is 16.6. The van der Waals surface area contributed by atoms with Crippen molar-refractivity contribution in [2.45, 2.75) is 38.4 Å². The molecule has 110 valence electrons. The minimum Gasteiger partial charge on any atom is -0.457 e. The Morgan fingerprint density at radius 1 is 1.55 bits per heavy atom. The molecule has 2 atom stereocenters. The van der Waals surface area contributed by atoms with Crippen LogP contribution in [0.15, 0.2) is 22.8 Å². The topological polar surface area (TPSA) is 77.8 Å². The highest BCUT2D eigenvalue weighted by Gasteiger charge is 2.24. The van der Waals surface area contributed by atoms with Gasteiger partial charge in [0.1, 0.15) is 0 Å². The summed E-state index contributed by atoms with van der Waals surface area (Å²) in [4.78, 5) is 23.7. The van der Waals surface area contributed by atoms with E-state index in [0.717, 1.165) is 19.4 Å². The lowest BCUT2D eigenvalue weighted by molar-refractivity contribution is -0.130. The normalized spacial score (nSPS) is 19.6. The molecule has 1 aliphatic rings. The highest BCUT2D eigenvalue weighted by Crippen LogP contribution is 2.11. The Bertz CT molecular complexity index is 436. The second-order valence-electron chi connectivity index (χ2n) is 4.66. The summed E-state index contributed by atoms with van der Waals surface area (Å²) in [5.41, 5.74) is 0. The molecule has 6 nitrogen and oxygen atoms in total. The van der Waals surface area contributed by atoms with Crippen molar-refractivity contribution in [2.75, 3.05) is 13.2 Å². The molecule has 1 fully saturated rings. The summed E-state index contributed by atoms with van der Waals surface area (Å²) in [7, 11) is 0. The maximum Gasteiger partial charge on any atom is 0.374 e. The molecule has 1 amide bonds. The van der Waals surface area contributed by atoms with E-state index >= 15 is 0 Å². The van der Waals surface area contributed by atoms with Gasteiger partial charge in [-0.3, -0.25) is 4.79 Å². The third-order valence-electron chi connectivity index (χ3n) is 3.16. The van der Waals surface area contributed by atoms with Crippen molar-refractivity contribution in [3.8, 4) is 0 Å². The molecule has 1 saturated heterocycles. The first-order chi connectivity index (χ1) is 9.70. The van der Waals surface area contributed by atoms with Gasteiger partial charge >= 0.3 is 5.97 Å². The summed E-state index contributed by atoms with van der Waals surface area (Å²) in [6, 6.07) is 3.09. The van der Waals surface area contributed by atoms with Crippen molar-refractivity contribution < 1.29 is 23.5 Å². The van der Waals surface area contributed by atoms with Crippen LogP contribution in [0.2, 0.25) is 0 Å². The zero-order chi connectivity index (χ0) is 14.4. The van der Waals surface area contributed by atoms with E-state index in [0.29, 0.717) is 13.0 Å². The van der Waals surface area contributed by atoms with Crippen LogP contribution in [-0.4, -0.2) is 37.2 Å². The van der Waals surface area contributed by atoms with Crippen LogP contribution >= 0.6 is 0 Å². The quantitative estimate of drug-likeness (QED) is 0.800. The number of nitrogens with one attached hydrogen (secondary N) is 1. The Morgan fingerprint density at radius 3 is 3.00 bits per heavy atom. The molecule has 1 aromatic rings. The van der Waals surface area contributed by atoms with E-state index < -0.39 is 12.1 Å². The number of amides is 1. The minimum atomic E-state index is -0.811.